The quantitative estimate of drug-likeness (QED) is 0.873. The van der Waals surface area contributed by atoms with Crippen molar-refractivity contribution < 1.29 is 9.53 Å². The zero-order valence-electron chi connectivity index (χ0n) is 12.9. The van der Waals surface area contributed by atoms with Crippen LogP contribution in [0.2, 0.25) is 0 Å². The van der Waals surface area contributed by atoms with Gasteiger partial charge in [0.15, 0.2) is 6.61 Å². The SMILES string of the molecule is Cc1cc(OCC(=O)N2CCCc3ccccc32)nnc1C. The highest BCUT2D eigenvalue weighted by molar-refractivity contribution is 5.95. The molecule has 0 spiro atoms. The summed E-state index contributed by atoms with van der Waals surface area (Å²) in [5.74, 6) is 0.342. The van der Waals surface area contributed by atoms with Crippen molar-refractivity contribution in [2.75, 3.05) is 18.1 Å². The molecule has 0 radical (unpaired) electrons. The van der Waals surface area contributed by atoms with Crippen molar-refractivity contribution in [1.29, 1.82) is 0 Å². The van der Waals surface area contributed by atoms with Gasteiger partial charge in [0.05, 0.1) is 5.69 Å². The van der Waals surface area contributed by atoms with E-state index in [9.17, 15) is 4.79 Å². The molecular weight excluding hydrogens is 278 g/mol. The van der Waals surface area contributed by atoms with E-state index in [-0.39, 0.29) is 12.5 Å². The minimum atomic E-state index is -0.0489. The average Bonchev–Trinajstić information content (AvgIpc) is 2.55. The van der Waals surface area contributed by atoms with Crippen molar-refractivity contribution in [3.8, 4) is 5.88 Å². The third kappa shape index (κ3) is 2.93. The molecule has 0 N–H and O–H groups in total. The zero-order valence-corrected chi connectivity index (χ0v) is 12.9. The van der Waals surface area contributed by atoms with Crippen molar-refractivity contribution in [3.63, 3.8) is 0 Å². The van der Waals surface area contributed by atoms with Gasteiger partial charge in [-0.1, -0.05) is 18.2 Å². The molecule has 5 heteroatoms. The Morgan fingerprint density at radius 3 is 2.91 bits per heavy atom. The number of benzene rings is 1. The second-order valence-corrected chi connectivity index (χ2v) is 5.52. The Balaban J connectivity index is 1.69. The number of amides is 1. The Bertz CT molecular complexity index is 700. The summed E-state index contributed by atoms with van der Waals surface area (Å²) < 4.78 is 5.51. The van der Waals surface area contributed by atoms with Gasteiger partial charge in [-0.15, -0.1) is 5.10 Å². The number of anilines is 1. The summed E-state index contributed by atoms with van der Waals surface area (Å²) in [7, 11) is 0. The molecule has 22 heavy (non-hydrogen) atoms. The van der Waals surface area contributed by atoms with Crippen LogP contribution in [-0.4, -0.2) is 29.3 Å². The lowest BCUT2D eigenvalue weighted by atomic mass is 10.0. The van der Waals surface area contributed by atoms with Gasteiger partial charge in [-0.2, -0.15) is 5.10 Å². The Morgan fingerprint density at radius 2 is 2.09 bits per heavy atom. The first-order valence-corrected chi connectivity index (χ1v) is 7.47. The van der Waals surface area contributed by atoms with Gasteiger partial charge in [0, 0.05) is 18.3 Å². The molecule has 1 amide bonds. The Labute approximate surface area is 129 Å². The summed E-state index contributed by atoms with van der Waals surface area (Å²) in [6.45, 7) is 4.55. The fourth-order valence-electron chi connectivity index (χ4n) is 2.60. The van der Waals surface area contributed by atoms with Crippen LogP contribution in [0.3, 0.4) is 0 Å². The number of nitrogens with zero attached hydrogens (tertiary/aromatic N) is 3. The van der Waals surface area contributed by atoms with Gasteiger partial charge in [0.1, 0.15) is 0 Å². The normalized spacial score (nSPS) is 13.6. The number of aryl methyl sites for hydroxylation is 3. The van der Waals surface area contributed by atoms with E-state index in [0.717, 1.165) is 36.3 Å². The molecule has 3 rings (SSSR count). The predicted molar refractivity (Wildman–Crippen MR) is 84.1 cm³/mol. The lowest BCUT2D eigenvalue weighted by Crippen LogP contribution is -2.38. The molecule has 1 aliphatic heterocycles. The van der Waals surface area contributed by atoms with E-state index in [4.69, 9.17) is 4.74 Å². The van der Waals surface area contributed by atoms with Gasteiger partial charge >= 0.3 is 0 Å². The summed E-state index contributed by atoms with van der Waals surface area (Å²) in [5, 5.41) is 7.96. The number of rotatable bonds is 3. The minimum Gasteiger partial charge on any atom is -0.466 e. The highest BCUT2D eigenvalue weighted by atomic mass is 16.5. The van der Waals surface area contributed by atoms with E-state index in [1.165, 1.54) is 5.56 Å². The number of ether oxygens (including phenoxy) is 1. The molecule has 1 aliphatic rings. The van der Waals surface area contributed by atoms with Crippen molar-refractivity contribution in [2.24, 2.45) is 0 Å². The van der Waals surface area contributed by atoms with E-state index >= 15 is 0 Å². The molecule has 0 saturated carbocycles. The molecule has 0 aliphatic carbocycles. The van der Waals surface area contributed by atoms with E-state index < -0.39 is 0 Å². The first-order chi connectivity index (χ1) is 10.6. The highest BCUT2D eigenvalue weighted by Crippen LogP contribution is 2.26. The molecule has 1 aromatic heterocycles. The molecule has 5 nitrogen and oxygen atoms in total. The number of fused-ring (bicyclic) bond motifs is 1. The van der Waals surface area contributed by atoms with Crippen LogP contribution in [0.5, 0.6) is 5.88 Å². The highest BCUT2D eigenvalue weighted by Gasteiger charge is 2.22. The van der Waals surface area contributed by atoms with Gasteiger partial charge in [-0.05, 0) is 43.9 Å². The third-order valence-corrected chi connectivity index (χ3v) is 3.96. The number of carbonyl (C=O) groups excluding carboxylic acids is 1. The summed E-state index contributed by atoms with van der Waals surface area (Å²) in [4.78, 5) is 14.2. The first-order valence-electron chi connectivity index (χ1n) is 7.47. The van der Waals surface area contributed by atoms with Crippen molar-refractivity contribution in [1.82, 2.24) is 10.2 Å². The second kappa shape index (κ2) is 6.13. The van der Waals surface area contributed by atoms with Gasteiger partial charge < -0.3 is 9.64 Å². The zero-order chi connectivity index (χ0) is 15.5. The molecule has 0 bridgehead atoms. The molecular formula is C17H19N3O2. The first kappa shape index (κ1) is 14.5. The molecule has 0 atom stereocenters. The molecule has 0 unspecified atom stereocenters. The molecule has 2 aromatic rings. The minimum absolute atomic E-state index is 0.0223. The van der Waals surface area contributed by atoms with Crippen LogP contribution < -0.4 is 9.64 Å². The van der Waals surface area contributed by atoms with E-state index in [0.29, 0.717) is 5.88 Å². The summed E-state index contributed by atoms with van der Waals surface area (Å²) >= 11 is 0. The van der Waals surface area contributed by atoms with Crippen LogP contribution in [0.15, 0.2) is 30.3 Å². The second-order valence-electron chi connectivity index (χ2n) is 5.52. The fraction of sp³-hybridized carbons (Fsp3) is 0.353. The standard InChI is InChI=1S/C17H19N3O2/c1-12-10-16(19-18-13(12)2)22-11-17(21)20-9-5-7-14-6-3-4-8-15(14)20/h3-4,6,8,10H,5,7,9,11H2,1-2H3. The molecule has 1 aromatic carbocycles. The van der Waals surface area contributed by atoms with Gasteiger partial charge in [-0.3, -0.25) is 4.79 Å². The lowest BCUT2D eigenvalue weighted by molar-refractivity contribution is -0.120. The topological polar surface area (TPSA) is 55.3 Å². The molecule has 114 valence electrons. The number of para-hydroxylation sites is 1. The van der Waals surface area contributed by atoms with Crippen LogP contribution in [-0.2, 0) is 11.2 Å². The Morgan fingerprint density at radius 1 is 1.27 bits per heavy atom. The molecule has 0 saturated heterocycles. The van der Waals surface area contributed by atoms with E-state index in [1.54, 1.807) is 11.0 Å². The Hall–Kier alpha value is -2.43. The summed E-state index contributed by atoms with van der Waals surface area (Å²) in [5.41, 5.74) is 4.07. The van der Waals surface area contributed by atoms with Crippen LogP contribution in [0.1, 0.15) is 23.2 Å². The summed E-state index contributed by atoms with van der Waals surface area (Å²) in [6.07, 6.45) is 2.00. The van der Waals surface area contributed by atoms with Gasteiger partial charge in [0.25, 0.3) is 5.91 Å². The maximum atomic E-state index is 12.4. The maximum Gasteiger partial charge on any atom is 0.264 e. The molecule has 0 fully saturated rings. The van der Waals surface area contributed by atoms with Crippen LogP contribution in [0.25, 0.3) is 0 Å². The average molecular weight is 297 g/mol. The lowest BCUT2D eigenvalue weighted by Gasteiger charge is -2.29. The number of hydrogen-bond acceptors (Lipinski definition) is 4. The number of carbonyl (C=O) groups is 1. The van der Waals surface area contributed by atoms with E-state index in [1.807, 2.05) is 32.0 Å². The van der Waals surface area contributed by atoms with Crippen molar-refractivity contribution in [3.05, 3.63) is 47.2 Å². The largest absolute Gasteiger partial charge is 0.466 e. The van der Waals surface area contributed by atoms with Crippen LogP contribution >= 0.6 is 0 Å². The van der Waals surface area contributed by atoms with Crippen LogP contribution in [0.4, 0.5) is 5.69 Å². The summed E-state index contributed by atoms with van der Waals surface area (Å²) in [6, 6.07) is 9.83. The Kier molecular flexibility index (Phi) is 4.04. The van der Waals surface area contributed by atoms with Gasteiger partial charge in [-0.25, -0.2) is 0 Å². The van der Waals surface area contributed by atoms with Crippen molar-refractivity contribution >= 4 is 11.6 Å². The molecule has 2 heterocycles. The fourth-order valence-corrected chi connectivity index (χ4v) is 2.60. The number of aromatic nitrogens is 2. The van der Waals surface area contributed by atoms with Gasteiger partial charge in [0.2, 0.25) is 5.88 Å². The third-order valence-electron chi connectivity index (χ3n) is 3.96. The monoisotopic (exact) mass is 297 g/mol. The number of hydrogen-bond donors (Lipinski definition) is 0. The van der Waals surface area contributed by atoms with E-state index in [2.05, 4.69) is 16.3 Å². The van der Waals surface area contributed by atoms with Crippen molar-refractivity contribution in [2.45, 2.75) is 26.7 Å². The maximum absolute atomic E-state index is 12.4. The smallest absolute Gasteiger partial charge is 0.264 e. The predicted octanol–water partition coefficient (Wildman–Crippen LogP) is 2.45. The van der Waals surface area contributed by atoms with Crippen LogP contribution in [0, 0.1) is 13.8 Å².